The molecule has 5 nitrogen and oxygen atoms in total. The van der Waals surface area contributed by atoms with Crippen molar-refractivity contribution in [3.63, 3.8) is 0 Å². The lowest BCUT2D eigenvalue weighted by Crippen LogP contribution is -2.43. The van der Waals surface area contributed by atoms with Crippen LogP contribution in [0.3, 0.4) is 0 Å². The number of anilines is 1. The average Bonchev–Trinajstić information content (AvgIpc) is 2.69. The van der Waals surface area contributed by atoms with Crippen LogP contribution in [0.5, 0.6) is 5.75 Å². The quantitative estimate of drug-likeness (QED) is 0.756. The first-order valence-electron chi connectivity index (χ1n) is 9.41. The number of rotatable bonds is 5. The number of methoxy groups -OCH3 is 1. The Bertz CT molecular complexity index is 723. The van der Waals surface area contributed by atoms with E-state index in [1.54, 1.807) is 7.11 Å². The number of hydrogen-bond donors (Lipinski definition) is 1. The second-order valence-corrected chi connectivity index (χ2v) is 8.42. The molecule has 0 radical (unpaired) electrons. The third-order valence-electron chi connectivity index (χ3n) is 4.01. The van der Waals surface area contributed by atoms with Gasteiger partial charge in [-0.05, 0) is 57.2 Å². The summed E-state index contributed by atoms with van der Waals surface area (Å²) in [6, 6.07) is 16.9. The highest BCUT2D eigenvalue weighted by Gasteiger charge is 2.14. The Kier molecular flexibility index (Phi) is 8.67. The summed E-state index contributed by atoms with van der Waals surface area (Å²) in [4.78, 5) is 14.6. The summed E-state index contributed by atoms with van der Waals surface area (Å²) in [6.45, 7) is 10.2. The van der Waals surface area contributed by atoms with Crippen LogP contribution >= 0.6 is 11.8 Å². The Hall–Kier alpha value is -2.18. The van der Waals surface area contributed by atoms with Crippen molar-refractivity contribution in [2.75, 3.05) is 38.2 Å². The zero-order chi connectivity index (χ0) is 20.4. The lowest BCUT2D eigenvalue weighted by atomic mass is 10.2. The first-order chi connectivity index (χ1) is 13.4. The van der Waals surface area contributed by atoms with Crippen molar-refractivity contribution in [1.29, 1.82) is 0 Å². The van der Waals surface area contributed by atoms with Gasteiger partial charge in [0, 0.05) is 36.0 Å². The third kappa shape index (κ3) is 7.44. The molecule has 0 bridgehead atoms. The molecule has 1 aliphatic rings. The Morgan fingerprint density at radius 1 is 1.04 bits per heavy atom. The van der Waals surface area contributed by atoms with Crippen LogP contribution in [-0.4, -0.2) is 45.4 Å². The molecule has 2 aromatic rings. The van der Waals surface area contributed by atoms with Crippen molar-refractivity contribution in [3.05, 3.63) is 48.5 Å². The van der Waals surface area contributed by atoms with Gasteiger partial charge in [-0.2, -0.15) is 0 Å². The molecule has 1 aliphatic heterocycles. The van der Waals surface area contributed by atoms with Crippen molar-refractivity contribution < 1.29 is 14.3 Å². The number of carbonyl (C=O) groups is 1. The number of benzene rings is 2. The molecule has 1 fully saturated rings. The SMILES string of the molecule is CC(C)(C)OC=O.COc1ccc(Sc2ccccc2N2CCNCC2)cc1. The smallest absolute Gasteiger partial charge is 0.293 e. The molecular formula is C22H30N2O3S. The zero-order valence-electron chi connectivity index (χ0n) is 17.1. The summed E-state index contributed by atoms with van der Waals surface area (Å²) < 4.78 is 9.76. The van der Waals surface area contributed by atoms with Crippen LogP contribution in [0.25, 0.3) is 0 Å². The van der Waals surface area contributed by atoms with Crippen LogP contribution < -0.4 is 15.0 Å². The van der Waals surface area contributed by atoms with E-state index in [9.17, 15) is 4.79 Å². The number of piperazine rings is 1. The van der Waals surface area contributed by atoms with E-state index in [0.717, 1.165) is 31.9 Å². The van der Waals surface area contributed by atoms with Crippen LogP contribution in [0.2, 0.25) is 0 Å². The van der Waals surface area contributed by atoms with Gasteiger partial charge in [0.25, 0.3) is 6.47 Å². The summed E-state index contributed by atoms with van der Waals surface area (Å²) in [5.74, 6) is 0.898. The van der Waals surface area contributed by atoms with Crippen LogP contribution in [-0.2, 0) is 9.53 Å². The van der Waals surface area contributed by atoms with E-state index in [1.165, 1.54) is 15.5 Å². The van der Waals surface area contributed by atoms with E-state index >= 15 is 0 Å². The van der Waals surface area contributed by atoms with Crippen LogP contribution in [0.15, 0.2) is 58.3 Å². The standard InChI is InChI=1S/C17H20N2OS.C5H10O2/c1-20-14-6-8-15(9-7-14)21-17-5-3-2-4-16(17)19-12-10-18-11-13-19;1-5(2,3)7-4-6/h2-9,18H,10-13H2,1H3;4H,1-3H3. The number of hydrogen-bond acceptors (Lipinski definition) is 6. The molecule has 28 heavy (non-hydrogen) atoms. The van der Waals surface area contributed by atoms with E-state index in [0.29, 0.717) is 6.47 Å². The van der Waals surface area contributed by atoms with Gasteiger partial charge < -0.3 is 19.7 Å². The minimum absolute atomic E-state index is 0.318. The highest BCUT2D eigenvalue weighted by molar-refractivity contribution is 7.99. The largest absolute Gasteiger partial charge is 0.497 e. The van der Waals surface area contributed by atoms with E-state index in [2.05, 4.69) is 51.4 Å². The van der Waals surface area contributed by atoms with E-state index in [1.807, 2.05) is 44.7 Å². The fourth-order valence-corrected chi connectivity index (χ4v) is 3.60. The lowest BCUT2D eigenvalue weighted by molar-refractivity contribution is -0.138. The van der Waals surface area contributed by atoms with Gasteiger partial charge in [0.15, 0.2) is 0 Å². The Balaban J connectivity index is 0.000000345. The van der Waals surface area contributed by atoms with Crippen molar-refractivity contribution in [3.8, 4) is 5.75 Å². The maximum absolute atomic E-state index is 9.60. The number of nitrogens with zero attached hydrogens (tertiary/aromatic N) is 1. The minimum atomic E-state index is -0.318. The van der Waals surface area contributed by atoms with Crippen molar-refractivity contribution in [2.45, 2.75) is 36.2 Å². The molecule has 2 aromatic carbocycles. The van der Waals surface area contributed by atoms with E-state index < -0.39 is 0 Å². The number of para-hydroxylation sites is 1. The molecule has 0 aromatic heterocycles. The second kappa shape index (κ2) is 11.0. The van der Waals surface area contributed by atoms with Crippen LogP contribution in [0.1, 0.15) is 20.8 Å². The summed E-state index contributed by atoms with van der Waals surface area (Å²) >= 11 is 1.81. The molecule has 0 saturated carbocycles. The molecule has 0 spiro atoms. The predicted molar refractivity (Wildman–Crippen MR) is 116 cm³/mol. The summed E-state index contributed by atoms with van der Waals surface area (Å²) in [5.41, 5.74) is 1.02. The number of nitrogens with one attached hydrogen (secondary N) is 1. The maximum Gasteiger partial charge on any atom is 0.293 e. The van der Waals surface area contributed by atoms with Crippen LogP contribution in [0.4, 0.5) is 5.69 Å². The van der Waals surface area contributed by atoms with Crippen molar-refractivity contribution >= 4 is 23.9 Å². The zero-order valence-corrected chi connectivity index (χ0v) is 17.9. The normalized spacial score (nSPS) is 13.9. The number of carbonyl (C=O) groups excluding carboxylic acids is 1. The molecule has 0 aliphatic carbocycles. The molecule has 1 saturated heterocycles. The minimum Gasteiger partial charge on any atom is -0.497 e. The molecule has 1 heterocycles. The first kappa shape index (κ1) is 22.1. The second-order valence-electron chi connectivity index (χ2n) is 7.31. The molecule has 152 valence electrons. The predicted octanol–water partition coefficient (Wildman–Crippen LogP) is 4.21. The fraction of sp³-hybridized carbons (Fsp3) is 0.409. The molecule has 1 N–H and O–H groups in total. The topological polar surface area (TPSA) is 50.8 Å². The van der Waals surface area contributed by atoms with Gasteiger partial charge in [-0.25, -0.2) is 0 Å². The average molecular weight is 403 g/mol. The van der Waals surface area contributed by atoms with Crippen molar-refractivity contribution in [1.82, 2.24) is 5.32 Å². The van der Waals surface area contributed by atoms with Gasteiger partial charge in [-0.15, -0.1) is 0 Å². The highest BCUT2D eigenvalue weighted by atomic mass is 32.2. The van der Waals surface area contributed by atoms with Gasteiger partial charge in [0.1, 0.15) is 11.4 Å². The fourth-order valence-electron chi connectivity index (χ4n) is 2.63. The van der Waals surface area contributed by atoms with E-state index in [-0.39, 0.29) is 5.60 Å². The Morgan fingerprint density at radius 3 is 2.21 bits per heavy atom. The van der Waals surface area contributed by atoms with Crippen LogP contribution in [0, 0.1) is 0 Å². The van der Waals surface area contributed by atoms with Gasteiger partial charge in [0.2, 0.25) is 0 Å². The molecule has 0 unspecified atom stereocenters. The third-order valence-corrected chi connectivity index (χ3v) is 5.08. The molecule has 0 atom stereocenters. The Labute approximate surface area is 172 Å². The Morgan fingerprint density at radius 2 is 1.68 bits per heavy atom. The monoisotopic (exact) mass is 402 g/mol. The maximum atomic E-state index is 9.60. The molecule has 3 rings (SSSR count). The van der Waals surface area contributed by atoms with Crippen molar-refractivity contribution in [2.24, 2.45) is 0 Å². The van der Waals surface area contributed by atoms with E-state index in [4.69, 9.17) is 4.74 Å². The highest BCUT2D eigenvalue weighted by Crippen LogP contribution is 2.36. The van der Waals surface area contributed by atoms with Gasteiger partial charge >= 0.3 is 0 Å². The summed E-state index contributed by atoms with van der Waals surface area (Å²) in [5, 5.41) is 3.40. The summed E-state index contributed by atoms with van der Waals surface area (Å²) in [7, 11) is 1.70. The first-order valence-corrected chi connectivity index (χ1v) is 10.2. The number of ether oxygens (including phenoxy) is 2. The van der Waals surface area contributed by atoms with Gasteiger partial charge in [0.05, 0.1) is 12.8 Å². The summed E-state index contributed by atoms with van der Waals surface area (Å²) in [6.07, 6.45) is 0. The lowest BCUT2D eigenvalue weighted by Gasteiger charge is -2.31. The molecule has 6 heteroatoms. The van der Waals surface area contributed by atoms with Gasteiger partial charge in [-0.1, -0.05) is 23.9 Å². The molecular weight excluding hydrogens is 372 g/mol. The van der Waals surface area contributed by atoms with Gasteiger partial charge in [-0.3, -0.25) is 4.79 Å². The molecule has 0 amide bonds.